The summed E-state index contributed by atoms with van der Waals surface area (Å²) in [7, 11) is -1.65. The number of sulfonamides is 1. The van der Waals surface area contributed by atoms with Crippen molar-refractivity contribution in [1.29, 1.82) is 0 Å². The topological polar surface area (TPSA) is 114 Å². The lowest BCUT2D eigenvalue weighted by Crippen LogP contribution is -2.31. The zero-order valence-corrected chi connectivity index (χ0v) is 19.5. The summed E-state index contributed by atoms with van der Waals surface area (Å²) in [6.45, 7) is 0.104. The first kappa shape index (κ1) is 23.8. The molecule has 2 aromatic carbocycles. The van der Waals surface area contributed by atoms with Gasteiger partial charge >= 0.3 is 0 Å². The van der Waals surface area contributed by atoms with E-state index in [0.29, 0.717) is 17.2 Å². The van der Waals surface area contributed by atoms with Gasteiger partial charge < -0.3 is 10.1 Å². The molecule has 0 atom stereocenters. The maximum absolute atomic E-state index is 12.3. The molecule has 3 rings (SSSR count). The van der Waals surface area contributed by atoms with Crippen molar-refractivity contribution in [2.75, 3.05) is 26.5 Å². The number of nitrogens with zero attached hydrogens (tertiary/aromatic N) is 1. The zero-order chi connectivity index (χ0) is 23.1. The molecule has 0 bridgehead atoms. The van der Waals surface area contributed by atoms with Crippen LogP contribution in [0.2, 0.25) is 0 Å². The van der Waals surface area contributed by atoms with Gasteiger partial charge in [0.05, 0.1) is 36.5 Å². The molecule has 0 saturated heterocycles. The van der Waals surface area contributed by atoms with E-state index in [9.17, 15) is 18.0 Å². The SMILES string of the molecule is COc1cc2nc(CC(=O)NCC(=O)CCCNS(C)(=O)=O)sc2cc1-c1ccccc1. The first-order valence-corrected chi connectivity index (χ1v) is 12.7. The summed E-state index contributed by atoms with van der Waals surface area (Å²) in [6, 6.07) is 13.8. The molecule has 32 heavy (non-hydrogen) atoms. The quantitative estimate of drug-likeness (QED) is 0.412. The Hall–Kier alpha value is -2.82. The number of amides is 1. The minimum absolute atomic E-state index is 0.0746. The number of carbonyl (C=O) groups is 2. The summed E-state index contributed by atoms with van der Waals surface area (Å²) >= 11 is 1.43. The van der Waals surface area contributed by atoms with Gasteiger partial charge in [0.1, 0.15) is 10.8 Å². The Labute approximate surface area is 191 Å². The summed E-state index contributed by atoms with van der Waals surface area (Å²) < 4.78 is 30.8. The Morgan fingerprint density at radius 1 is 1.16 bits per heavy atom. The summed E-state index contributed by atoms with van der Waals surface area (Å²) in [5.74, 6) is 0.262. The highest BCUT2D eigenvalue weighted by Crippen LogP contribution is 2.36. The van der Waals surface area contributed by atoms with Gasteiger partial charge in [0.15, 0.2) is 5.78 Å². The van der Waals surface area contributed by atoms with Crippen LogP contribution in [0.3, 0.4) is 0 Å². The molecule has 0 spiro atoms. The van der Waals surface area contributed by atoms with Crippen LogP contribution in [0.1, 0.15) is 17.8 Å². The van der Waals surface area contributed by atoms with Crippen molar-refractivity contribution in [1.82, 2.24) is 15.0 Å². The molecule has 170 valence electrons. The monoisotopic (exact) mass is 475 g/mol. The Balaban J connectivity index is 1.58. The van der Waals surface area contributed by atoms with Crippen LogP contribution in [-0.2, 0) is 26.0 Å². The van der Waals surface area contributed by atoms with Crippen LogP contribution in [0.25, 0.3) is 21.3 Å². The molecule has 0 unspecified atom stereocenters. The van der Waals surface area contributed by atoms with Crippen LogP contribution in [0, 0.1) is 0 Å². The highest BCUT2D eigenvalue weighted by atomic mass is 32.2. The molecule has 0 fully saturated rings. The van der Waals surface area contributed by atoms with Crippen molar-refractivity contribution in [2.24, 2.45) is 0 Å². The van der Waals surface area contributed by atoms with Gasteiger partial charge in [-0.15, -0.1) is 11.3 Å². The van der Waals surface area contributed by atoms with Crippen molar-refractivity contribution in [3.05, 3.63) is 47.5 Å². The largest absolute Gasteiger partial charge is 0.496 e. The lowest BCUT2D eigenvalue weighted by Gasteiger charge is -2.08. The van der Waals surface area contributed by atoms with Crippen molar-refractivity contribution < 1.29 is 22.7 Å². The predicted molar refractivity (Wildman–Crippen MR) is 125 cm³/mol. The number of ether oxygens (including phenoxy) is 1. The Morgan fingerprint density at radius 3 is 2.59 bits per heavy atom. The molecule has 2 N–H and O–H groups in total. The third kappa shape index (κ3) is 6.84. The number of hydrogen-bond donors (Lipinski definition) is 2. The minimum atomic E-state index is -3.26. The molecule has 0 aliphatic rings. The lowest BCUT2D eigenvalue weighted by atomic mass is 10.0. The smallest absolute Gasteiger partial charge is 0.227 e. The van der Waals surface area contributed by atoms with Crippen molar-refractivity contribution in [3.63, 3.8) is 0 Å². The zero-order valence-electron chi connectivity index (χ0n) is 17.9. The van der Waals surface area contributed by atoms with E-state index in [1.165, 1.54) is 11.3 Å². The fourth-order valence-electron chi connectivity index (χ4n) is 3.12. The molecule has 0 radical (unpaired) electrons. The van der Waals surface area contributed by atoms with E-state index in [1.54, 1.807) is 7.11 Å². The summed E-state index contributed by atoms with van der Waals surface area (Å²) in [4.78, 5) is 28.7. The van der Waals surface area contributed by atoms with E-state index in [1.807, 2.05) is 42.5 Å². The molecule has 1 amide bonds. The number of benzene rings is 2. The molecule has 0 aliphatic heterocycles. The molecule has 1 heterocycles. The molecule has 10 heteroatoms. The van der Waals surface area contributed by atoms with Crippen molar-refractivity contribution in [3.8, 4) is 16.9 Å². The van der Waals surface area contributed by atoms with E-state index >= 15 is 0 Å². The predicted octanol–water partition coefficient (Wildman–Crippen LogP) is 2.53. The van der Waals surface area contributed by atoms with Crippen LogP contribution in [-0.4, -0.2) is 51.5 Å². The number of aromatic nitrogens is 1. The standard InChI is InChI=1S/C22H25N3O5S2/c1-30-19-12-18-20(11-17(19)15-7-4-3-5-8-15)31-22(25-18)13-21(27)23-14-16(26)9-6-10-24-32(2,28)29/h3-5,7-8,11-12,24H,6,9-10,13-14H2,1-2H3,(H,23,27). The van der Waals surface area contributed by atoms with E-state index < -0.39 is 10.0 Å². The highest BCUT2D eigenvalue weighted by molar-refractivity contribution is 7.88. The number of rotatable bonds is 11. The van der Waals surface area contributed by atoms with Crippen LogP contribution < -0.4 is 14.8 Å². The van der Waals surface area contributed by atoms with E-state index in [-0.39, 0.29) is 37.6 Å². The van der Waals surface area contributed by atoms with Gasteiger partial charge in [-0.3, -0.25) is 9.59 Å². The normalized spacial score (nSPS) is 11.4. The summed E-state index contributed by atoms with van der Waals surface area (Å²) in [5, 5.41) is 3.25. The number of thiazole rings is 1. The fourth-order valence-corrected chi connectivity index (χ4v) is 4.62. The molecule has 3 aromatic rings. The number of fused-ring (bicyclic) bond motifs is 1. The van der Waals surface area contributed by atoms with Crippen LogP contribution in [0.5, 0.6) is 5.75 Å². The number of methoxy groups -OCH3 is 1. The number of Topliss-reactive ketones (excluding diaryl/α,β-unsaturated/α-hetero) is 1. The van der Waals surface area contributed by atoms with Crippen LogP contribution in [0.15, 0.2) is 42.5 Å². The molecule has 0 aliphatic carbocycles. The second kappa shape index (κ2) is 10.7. The van der Waals surface area contributed by atoms with E-state index in [0.717, 1.165) is 27.6 Å². The van der Waals surface area contributed by atoms with Gasteiger partial charge in [-0.1, -0.05) is 30.3 Å². The first-order chi connectivity index (χ1) is 15.2. The van der Waals surface area contributed by atoms with Crippen LogP contribution in [0.4, 0.5) is 0 Å². The third-order valence-corrected chi connectivity index (χ3v) is 6.38. The number of hydrogen-bond acceptors (Lipinski definition) is 7. The summed E-state index contributed by atoms with van der Waals surface area (Å²) in [5.41, 5.74) is 2.74. The van der Waals surface area contributed by atoms with Crippen molar-refractivity contribution >= 4 is 43.3 Å². The second-order valence-corrected chi connectivity index (χ2v) is 10.2. The average Bonchev–Trinajstić information content (AvgIpc) is 3.15. The first-order valence-electron chi connectivity index (χ1n) is 10.0. The number of nitrogens with one attached hydrogen (secondary N) is 2. The van der Waals surface area contributed by atoms with Gasteiger partial charge in [0, 0.05) is 24.6 Å². The van der Waals surface area contributed by atoms with Crippen LogP contribution >= 0.6 is 11.3 Å². The average molecular weight is 476 g/mol. The van der Waals surface area contributed by atoms with Crippen molar-refractivity contribution in [2.45, 2.75) is 19.3 Å². The number of carbonyl (C=O) groups excluding carboxylic acids is 2. The highest BCUT2D eigenvalue weighted by Gasteiger charge is 2.14. The number of ketones is 1. The Kier molecular flexibility index (Phi) is 7.94. The second-order valence-electron chi connectivity index (χ2n) is 7.26. The molecular weight excluding hydrogens is 450 g/mol. The van der Waals surface area contributed by atoms with Gasteiger partial charge in [-0.2, -0.15) is 0 Å². The molecule has 1 aromatic heterocycles. The Bertz CT molecular complexity index is 1210. The molecule has 8 nitrogen and oxygen atoms in total. The van der Waals surface area contributed by atoms with Gasteiger partial charge in [-0.25, -0.2) is 18.1 Å². The Morgan fingerprint density at radius 2 is 1.91 bits per heavy atom. The maximum Gasteiger partial charge on any atom is 0.227 e. The van der Waals surface area contributed by atoms with Gasteiger partial charge in [0.25, 0.3) is 0 Å². The fraction of sp³-hybridized carbons (Fsp3) is 0.318. The molecule has 0 saturated carbocycles. The lowest BCUT2D eigenvalue weighted by molar-refractivity contribution is -0.124. The molecular formula is C22H25N3O5S2. The van der Waals surface area contributed by atoms with Gasteiger partial charge in [0.2, 0.25) is 15.9 Å². The summed E-state index contributed by atoms with van der Waals surface area (Å²) in [6.07, 6.45) is 1.71. The van der Waals surface area contributed by atoms with E-state index in [4.69, 9.17) is 4.74 Å². The van der Waals surface area contributed by atoms with E-state index in [2.05, 4.69) is 15.0 Å². The third-order valence-electron chi connectivity index (χ3n) is 4.63. The van der Waals surface area contributed by atoms with Gasteiger partial charge in [-0.05, 0) is 18.1 Å². The maximum atomic E-state index is 12.3. The minimum Gasteiger partial charge on any atom is -0.496 e.